The van der Waals surface area contributed by atoms with Gasteiger partial charge in [0.05, 0.1) is 39.3 Å². The van der Waals surface area contributed by atoms with Crippen LogP contribution in [0, 0.1) is 6.92 Å². The average Bonchev–Trinajstić information content (AvgIpc) is 2.74. The number of ether oxygens (including phenoxy) is 3. The van der Waals surface area contributed by atoms with E-state index in [1.165, 1.54) is 20.3 Å². The zero-order valence-corrected chi connectivity index (χ0v) is 19.6. The second kappa shape index (κ2) is 10.4. The normalized spacial score (nSPS) is 12.1. The van der Waals surface area contributed by atoms with Gasteiger partial charge in [0.25, 0.3) is 0 Å². The van der Waals surface area contributed by atoms with Crippen LogP contribution in [0.4, 0.5) is 5.69 Å². The Morgan fingerprint density at radius 2 is 1.61 bits per heavy atom. The number of carbonyl (C=O) groups is 1. The van der Waals surface area contributed by atoms with Crippen LogP contribution in [0.2, 0.25) is 0 Å². The first kappa shape index (κ1) is 24.3. The van der Waals surface area contributed by atoms with Crippen LogP contribution in [0.3, 0.4) is 0 Å². The van der Waals surface area contributed by atoms with E-state index in [4.69, 9.17) is 14.2 Å². The maximum absolute atomic E-state index is 12.8. The first-order valence-corrected chi connectivity index (χ1v) is 11.6. The molecule has 0 saturated carbocycles. The van der Waals surface area contributed by atoms with E-state index in [-0.39, 0.29) is 12.6 Å². The summed E-state index contributed by atoms with van der Waals surface area (Å²) in [5.74, 6) is 1.18. The standard InChI is InChI=1S/C22H30N2O6S/c1-7-18(16-8-10-19(28-3)15(2)12-16)23-22(25)14-24(31(6,26)27)17-9-11-20(29-4)21(13-17)30-5/h8-13,18H,7,14H2,1-6H3,(H,23,25). The van der Waals surface area contributed by atoms with Gasteiger partial charge in [0, 0.05) is 6.07 Å². The third-order valence-corrected chi connectivity index (χ3v) is 6.05. The largest absolute Gasteiger partial charge is 0.496 e. The highest BCUT2D eigenvalue weighted by atomic mass is 32.2. The van der Waals surface area contributed by atoms with Gasteiger partial charge in [-0.1, -0.05) is 19.1 Å². The molecular weight excluding hydrogens is 420 g/mol. The van der Waals surface area contributed by atoms with E-state index in [0.717, 1.165) is 27.4 Å². The number of hydrogen-bond donors (Lipinski definition) is 1. The molecule has 2 aromatic rings. The number of rotatable bonds is 10. The number of benzene rings is 2. The van der Waals surface area contributed by atoms with Gasteiger partial charge in [-0.15, -0.1) is 0 Å². The molecule has 9 heteroatoms. The number of sulfonamides is 1. The summed E-state index contributed by atoms with van der Waals surface area (Å²) in [5.41, 5.74) is 2.19. The fraction of sp³-hybridized carbons (Fsp3) is 0.409. The van der Waals surface area contributed by atoms with Gasteiger partial charge in [0.15, 0.2) is 11.5 Å². The summed E-state index contributed by atoms with van der Waals surface area (Å²) in [6.07, 6.45) is 1.70. The first-order chi connectivity index (χ1) is 14.6. The maximum atomic E-state index is 12.8. The van der Waals surface area contributed by atoms with Gasteiger partial charge in [-0.05, 0) is 42.7 Å². The quantitative estimate of drug-likeness (QED) is 0.598. The lowest BCUT2D eigenvalue weighted by Gasteiger charge is -2.25. The minimum atomic E-state index is -3.72. The van der Waals surface area contributed by atoms with Crippen LogP contribution in [0.5, 0.6) is 17.2 Å². The summed E-state index contributed by atoms with van der Waals surface area (Å²) in [4.78, 5) is 12.8. The lowest BCUT2D eigenvalue weighted by molar-refractivity contribution is -0.120. The Kier molecular flexibility index (Phi) is 8.15. The molecule has 1 N–H and O–H groups in total. The van der Waals surface area contributed by atoms with Crippen LogP contribution in [-0.2, 0) is 14.8 Å². The van der Waals surface area contributed by atoms with Crippen molar-refractivity contribution in [3.63, 3.8) is 0 Å². The van der Waals surface area contributed by atoms with Crippen molar-refractivity contribution in [2.45, 2.75) is 26.3 Å². The van der Waals surface area contributed by atoms with E-state index in [9.17, 15) is 13.2 Å². The molecule has 0 radical (unpaired) electrons. The average molecular weight is 451 g/mol. The molecule has 0 heterocycles. The fourth-order valence-electron chi connectivity index (χ4n) is 3.29. The van der Waals surface area contributed by atoms with Gasteiger partial charge < -0.3 is 19.5 Å². The number of carbonyl (C=O) groups excluding carboxylic acids is 1. The van der Waals surface area contributed by atoms with E-state index in [0.29, 0.717) is 23.6 Å². The highest BCUT2D eigenvalue weighted by molar-refractivity contribution is 7.92. The van der Waals surface area contributed by atoms with Crippen molar-refractivity contribution in [1.29, 1.82) is 0 Å². The number of nitrogens with one attached hydrogen (secondary N) is 1. The minimum absolute atomic E-state index is 0.260. The topological polar surface area (TPSA) is 94.2 Å². The molecule has 0 spiro atoms. The van der Waals surface area contributed by atoms with Crippen LogP contribution >= 0.6 is 0 Å². The minimum Gasteiger partial charge on any atom is -0.496 e. The van der Waals surface area contributed by atoms with Crippen molar-refractivity contribution < 1.29 is 27.4 Å². The Morgan fingerprint density at radius 1 is 1.00 bits per heavy atom. The van der Waals surface area contributed by atoms with E-state index in [1.54, 1.807) is 19.2 Å². The summed E-state index contributed by atoms with van der Waals surface area (Å²) in [5, 5.41) is 2.93. The molecule has 2 aromatic carbocycles. The van der Waals surface area contributed by atoms with Crippen molar-refractivity contribution in [2.24, 2.45) is 0 Å². The Hall–Kier alpha value is -2.94. The van der Waals surface area contributed by atoms with Gasteiger partial charge >= 0.3 is 0 Å². The Labute approximate surface area is 184 Å². The Balaban J connectivity index is 2.25. The summed E-state index contributed by atoms with van der Waals surface area (Å²) < 4.78 is 41.6. The fourth-order valence-corrected chi connectivity index (χ4v) is 4.14. The third-order valence-electron chi connectivity index (χ3n) is 4.91. The Morgan fingerprint density at radius 3 is 2.13 bits per heavy atom. The summed E-state index contributed by atoms with van der Waals surface area (Å²) in [7, 11) is 0.837. The van der Waals surface area contributed by atoms with E-state index in [2.05, 4.69) is 5.32 Å². The van der Waals surface area contributed by atoms with Crippen LogP contribution in [0.25, 0.3) is 0 Å². The molecule has 1 unspecified atom stereocenters. The lowest BCUT2D eigenvalue weighted by atomic mass is 10.0. The monoisotopic (exact) mass is 450 g/mol. The third kappa shape index (κ3) is 6.04. The number of methoxy groups -OCH3 is 3. The van der Waals surface area contributed by atoms with Crippen LogP contribution in [-0.4, -0.2) is 48.5 Å². The smallest absolute Gasteiger partial charge is 0.241 e. The van der Waals surface area contributed by atoms with E-state index >= 15 is 0 Å². The maximum Gasteiger partial charge on any atom is 0.241 e. The number of amides is 1. The number of nitrogens with zero attached hydrogens (tertiary/aromatic N) is 1. The van der Waals surface area contributed by atoms with Crippen LogP contribution in [0.15, 0.2) is 36.4 Å². The second-order valence-corrected chi connectivity index (χ2v) is 8.97. The van der Waals surface area contributed by atoms with Gasteiger partial charge in [0.1, 0.15) is 12.3 Å². The predicted molar refractivity (Wildman–Crippen MR) is 121 cm³/mol. The molecule has 0 aliphatic heterocycles. The molecule has 0 aliphatic rings. The SMILES string of the molecule is CCC(NC(=O)CN(c1ccc(OC)c(OC)c1)S(C)(=O)=O)c1ccc(OC)c(C)c1. The van der Waals surface area contributed by atoms with Crippen LogP contribution in [0.1, 0.15) is 30.5 Å². The lowest BCUT2D eigenvalue weighted by Crippen LogP contribution is -2.41. The molecular formula is C22H30N2O6S. The Bertz CT molecular complexity index is 1020. The number of anilines is 1. The van der Waals surface area contributed by atoms with Gasteiger partial charge in [-0.3, -0.25) is 9.10 Å². The highest BCUT2D eigenvalue weighted by Crippen LogP contribution is 2.32. The summed E-state index contributed by atoms with van der Waals surface area (Å²) in [6, 6.07) is 10.1. The molecule has 0 aliphatic carbocycles. The number of aryl methyl sites for hydroxylation is 1. The van der Waals surface area contributed by atoms with Gasteiger partial charge in [-0.2, -0.15) is 0 Å². The van der Waals surface area contributed by atoms with Gasteiger partial charge in [-0.25, -0.2) is 8.42 Å². The second-order valence-electron chi connectivity index (χ2n) is 7.07. The van der Waals surface area contributed by atoms with Crippen molar-refractivity contribution in [2.75, 3.05) is 38.4 Å². The van der Waals surface area contributed by atoms with Crippen molar-refractivity contribution in [1.82, 2.24) is 5.32 Å². The molecule has 0 saturated heterocycles. The first-order valence-electron chi connectivity index (χ1n) is 9.78. The van der Waals surface area contributed by atoms with E-state index < -0.39 is 15.9 Å². The predicted octanol–water partition coefficient (Wildman–Crippen LogP) is 3.05. The summed E-state index contributed by atoms with van der Waals surface area (Å²) in [6.45, 7) is 3.52. The molecule has 2 rings (SSSR count). The van der Waals surface area contributed by atoms with Gasteiger partial charge in [0.2, 0.25) is 15.9 Å². The highest BCUT2D eigenvalue weighted by Gasteiger charge is 2.24. The van der Waals surface area contributed by atoms with E-state index in [1.807, 2.05) is 32.0 Å². The molecule has 0 fully saturated rings. The molecule has 0 aromatic heterocycles. The molecule has 1 amide bonds. The summed E-state index contributed by atoms with van der Waals surface area (Å²) >= 11 is 0. The van der Waals surface area contributed by atoms with Crippen molar-refractivity contribution >= 4 is 21.6 Å². The van der Waals surface area contributed by atoms with Crippen molar-refractivity contribution in [3.8, 4) is 17.2 Å². The molecule has 8 nitrogen and oxygen atoms in total. The zero-order valence-electron chi connectivity index (χ0n) is 18.8. The molecule has 170 valence electrons. The van der Waals surface area contributed by atoms with Crippen LogP contribution < -0.4 is 23.8 Å². The number of hydrogen-bond acceptors (Lipinski definition) is 6. The molecule has 31 heavy (non-hydrogen) atoms. The van der Waals surface area contributed by atoms with Crippen molar-refractivity contribution in [3.05, 3.63) is 47.5 Å². The molecule has 0 bridgehead atoms. The zero-order chi connectivity index (χ0) is 23.2. The molecule has 1 atom stereocenters.